The van der Waals surface area contributed by atoms with Crippen molar-refractivity contribution in [1.29, 1.82) is 0 Å². The molecule has 0 radical (unpaired) electrons. The van der Waals surface area contributed by atoms with E-state index in [4.69, 9.17) is 0 Å². The zero-order chi connectivity index (χ0) is 22.7. The Morgan fingerprint density at radius 3 is 1.00 bits per heavy atom. The van der Waals surface area contributed by atoms with E-state index < -0.39 is 0 Å². The van der Waals surface area contributed by atoms with Crippen molar-refractivity contribution in [3.8, 4) is 0 Å². The van der Waals surface area contributed by atoms with E-state index in [1.807, 2.05) is 0 Å². The average molecular weight is 438 g/mol. The number of nitrogens with one attached hydrogen (secondary N) is 1. The Labute approximate surface area is 197 Å². The summed E-state index contributed by atoms with van der Waals surface area (Å²) in [6.45, 7) is 5.23. The number of amides is 1. The van der Waals surface area contributed by atoms with Crippen LogP contribution in [0.5, 0.6) is 0 Å². The third kappa shape index (κ3) is 27.4. The molecule has 1 amide bonds. The molecule has 0 spiro atoms. The molecule has 0 fully saturated rings. The Hall–Kier alpha value is -0.530. The molecule has 0 atom stereocenters. The summed E-state index contributed by atoms with van der Waals surface area (Å²) in [4.78, 5) is 11.5. The van der Waals surface area contributed by atoms with Crippen molar-refractivity contribution in [2.24, 2.45) is 0 Å². The van der Waals surface area contributed by atoms with Gasteiger partial charge in [-0.25, -0.2) is 0 Å². The molecule has 0 unspecified atom stereocenters. The summed E-state index contributed by atoms with van der Waals surface area (Å²) in [6.07, 6.45) is 34.2. The molecule has 0 aromatic carbocycles. The second kappa shape index (κ2) is 27.5. The van der Waals surface area contributed by atoms with Crippen molar-refractivity contribution in [2.75, 3.05) is 6.54 Å². The van der Waals surface area contributed by atoms with Crippen LogP contribution < -0.4 is 5.32 Å². The normalized spacial score (nSPS) is 11.2. The number of carbonyl (C=O) groups is 1. The zero-order valence-electron chi connectivity index (χ0n) is 21.8. The highest BCUT2D eigenvalue weighted by molar-refractivity contribution is 5.75. The Morgan fingerprint density at radius 2 is 0.710 bits per heavy atom. The second-order valence-electron chi connectivity index (χ2n) is 9.88. The second-order valence-corrected chi connectivity index (χ2v) is 9.88. The molecule has 0 rings (SSSR count). The van der Waals surface area contributed by atoms with Gasteiger partial charge in [-0.2, -0.15) is 0 Å². The molecule has 0 aliphatic heterocycles. The Bertz CT molecular complexity index is 342. The summed E-state index contributed by atoms with van der Waals surface area (Å²) < 4.78 is 0. The lowest BCUT2D eigenvalue weighted by atomic mass is 10.0. The van der Waals surface area contributed by atoms with Gasteiger partial charge >= 0.3 is 0 Å². The van der Waals surface area contributed by atoms with Crippen molar-refractivity contribution in [3.05, 3.63) is 0 Å². The first-order valence-corrected chi connectivity index (χ1v) is 14.6. The van der Waals surface area contributed by atoms with Crippen LogP contribution in [0.15, 0.2) is 0 Å². The third-order valence-corrected chi connectivity index (χ3v) is 6.58. The molecule has 2 nitrogen and oxygen atoms in total. The monoisotopic (exact) mass is 437 g/mol. The minimum Gasteiger partial charge on any atom is -0.356 e. The van der Waals surface area contributed by atoms with Crippen LogP contribution in [-0.4, -0.2) is 12.5 Å². The maximum Gasteiger partial charge on any atom is 0.219 e. The molecule has 0 aromatic heterocycles. The first-order chi connectivity index (χ1) is 15.3. The van der Waals surface area contributed by atoms with Gasteiger partial charge in [-0.3, -0.25) is 4.79 Å². The van der Waals surface area contributed by atoms with E-state index in [0.29, 0.717) is 0 Å². The smallest absolute Gasteiger partial charge is 0.219 e. The molecule has 0 saturated heterocycles. The molecule has 2 heteroatoms. The molecule has 0 aliphatic rings. The zero-order valence-corrected chi connectivity index (χ0v) is 21.8. The predicted octanol–water partition coefficient (Wildman–Crippen LogP) is 9.89. The van der Waals surface area contributed by atoms with Gasteiger partial charge in [-0.15, -0.1) is 0 Å². The van der Waals surface area contributed by atoms with Gasteiger partial charge in [-0.05, 0) is 12.8 Å². The lowest BCUT2D eigenvalue weighted by Crippen LogP contribution is -2.23. The van der Waals surface area contributed by atoms with Gasteiger partial charge in [0.1, 0.15) is 0 Å². The fourth-order valence-electron chi connectivity index (χ4n) is 4.42. The molecule has 0 heterocycles. The highest BCUT2D eigenvalue weighted by Crippen LogP contribution is 2.15. The summed E-state index contributed by atoms with van der Waals surface area (Å²) >= 11 is 0. The lowest BCUT2D eigenvalue weighted by molar-refractivity contribution is -0.121. The maximum atomic E-state index is 11.5. The maximum absolute atomic E-state index is 11.5. The van der Waals surface area contributed by atoms with Crippen molar-refractivity contribution in [3.63, 3.8) is 0 Å². The fourth-order valence-corrected chi connectivity index (χ4v) is 4.42. The van der Waals surface area contributed by atoms with Crippen LogP contribution in [0.4, 0.5) is 0 Å². The summed E-state index contributed by atoms with van der Waals surface area (Å²) in [6, 6.07) is 0. The Kier molecular flexibility index (Phi) is 27.0. The Balaban J connectivity index is 3.04. The SMILES string of the molecule is CCCCCCCCCCCCCCCCCCCCCCCCCC(=O)NCCC. The van der Waals surface area contributed by atoms with Crippen LogP contribution >= 0.6 is 0 Å². The highest BCUT2D eigenvalue weighted by atomic mass is 16.1. The van der Waals surface area contributed by atoms with E-state index in [-0.39, 0.29) is 5.91 Å². The van der Waals surface area contributed by atoms with Crippen molar-refractivity contribution < 1.29 is 4.79 Å². The minimum atomic E-state index is 0.241. The summed E-state index contributed by atoms with van der Waals surface area (Å²) in [5.41, 5.74) is 0. The predicted molar refractivity (Wildman–Crippen MR) is 140 cm³/mol. The van der Waals surface area contributed by atoms with Crippen LogP contribution in [0.25, 0.3) is 0 Å². The van der Waals surface area contributed by atoms with Gasteiger partial charge in [0, 0.05) is 13.0 Å². The molecule has 0 bridgehead atoms. The van der Waals surface area contributed by atoms with Crippen molar-refractivity contribution >= 4 is 5.91 Å². The van der Waals surface area contributed by atoms with Gasteiger partial charge in [0.05, 0.1) is 0 Å². The van der Waals surface area contributed by atoms with Crippen molar-refractivity contribution in [2.45, 2.75) is 174 Å². The number of unbranched alkanes of at least 4 members (excludes halogenated alkanes) is 22. The van der Waals surface area contributed by atoms with E-state index in [2.05, 4.69) is 19.2 Å². The van der Waals surface area contributed by atoms with Gasteiger partial charge in [0.15, 0.2) is 0 Å². The average Bonchev–Trinajstić information content (AvgIpc) is 2.78. The third-order valence-electron chi connectivity index (χ3n) is 6.58. The molecule has 31 heavy (non-hydrogen) atoms. The molecular weight excluding hydrogens is 378 g/mol. The number of carbonyl (C=O) groups excluding carboxylic acids is 1. The van der Waals surface area contributed by atoms with E-state index in [0.717, 1.165) is 25.8 Å². The van der Waals surface area contributed by atoms with Crippen LogP contribution in [0.2, 0.25) is 0 Å². The minimum absolute atomic E-state index is 0.241. The fraction of sp³-hybridized carbons (Fsp3) is 0.966. The molecule has 0 aliphatic carbocycles. The number of hydrogen-bond acceptors (Lipinski definition) is 1. The van der Waals surface area contributed by atoms with Gasteiger partial charge < -0.3 is 5.32 Å². The first-order valence-electron chi connectivity index (χ1n) is 14.6. The van der Waals surface area contributed by atoms with Crippen LogP contribution in [0.1, 0.15) is 174 Å². The molecular formula is C29H59NO. The molecule has 0 saturated carbocycles. The highest BCUT2D eigenvalue weighted by Gasteiger charge is 1.99. The largest absolute Gasteiger partial charge is 0.356 e. The van der Waals surface area contributed by atoms with E-state index in [1.165, 1.54) is 141 Å². The standard InChI is InChI=1S/C29H59NO/c1-3-5-6-7-8-9-10-11-12-13-14-15-16-17-18-19-20-21-22-23-24-25-26-27-29(31)30-28-4-2/h3-28H2,1-2H3,(H,30,31). The van der Waals surface area contributed by atoms with E-state index in [1.54, 1.807) is 0 Å². The van der Waals surface area contributed by atoms with Gasteiger partial charge in [0.2, 0.25) is 5.91 Å². The molecule has 1 N–H and O–H groups in total. The van der Waals surface area contributed by atoms with E-state index >= 15 is 0 Å². The van der Waals surface area contributed by atoms with E-state index in [9.17, 15) is 4.79 Å². The number of rotatable bonds is 26. The molecule has 186 valence electrons. The van der Waals surface area contributed by atoms with Crippen LogP contribution in [0, 0.1) is 0 Å². The number of hydrogen-bond donors (Lipinski definition) is 1. The van der Waals surface area contributed by atoms with Gasteiger partial charge in [-0.1, -0.05) is 155 Å². The van der Waals surface area contributed by atoms with Gasteiger partial charge in [0.25, 0.3) is 0 Å². The van der Waals surface area contributed by atoms with Crippen LogP contribution in [0.3, 0.4) is 0 Å². The van der Waals surface area contributed by atoms with Crippen LogP contribution in [-0.2, 0) is 4.79 Å². The molecule has 0 aromatic rings. The lowest BCUT2D eigenvalue weighted by Gasteiger charge is -2.05. The summed E-state index contributed by atoms with van der Waals surface area (Å²) in [5, 5.41) is 2.96. The summed E-state index contributed by atoms with van der Waals surface area (Å²) in [7, 11) is 0. The van der Waals surface area contributed by atoms with Crippen molar-refractivity contribution in [1.82, 2.24) is 5.32 Å². The Morgan fingerprint density at radius 1 is 0.419 bits per heavy atom. The quantitative estimate of drug-likeness (QED) is 0.134. The summed E-state index contributed by atoms with van der Waals surface area (Å²) in [5.74, 6) is 0.241. The topological polar surface area (TPSA) is 29.1 Å². The first kappa shape index (κ1) is 30.5.